The predicted molar refractivity (Wildman–Crippen MR) is 75.8 cm³/mol. The van der Waals surface area contributed by atoms with Gasteiger partial charge in [-0.1, -0.05) is 0 Å². The Morgan fingerprint density at radius 3 is 2.76 bits per heavy atom. The van der Waals surface area contributed by atoms with Gasteiger partial charge in [0.1, 0.15) is 0 Å². The fraction of sp³-hybridized carbons (Fsp3) is 0.400. The average Bonchev–Trinajstić information content (AvgIpc) is 2.86. The molecule has 0 radical (unpaired) electrons. The summed E-state index contributed by atoms with van der Waals surface area (Å²) in [6.07, 6.45) is -0.0289. The second-order valence-electron chi connectivity index (χ2n) is 4.12. The lowest BCUT2D eigenvalue weighted by Crippen LogP contribution is -2.36. The molecule has 0 fully saturated rings. The number of aromatic amines is 1. The first-order valence-corrected chi connectivity index (χ1v) is 6.76. The summed E-state index contributed by atoms with van der Waals surface area (Å²) in [6, 6.07) is 0. The smallest absolute Gasteiger partial charge is 0.332 e. The van der Waals surface area contributed by atoms with Crippen LogP contribution >= 0.6 is 11.9 Å². The van der Waals surface area contributed by atoms with Gasteiger partial charge < -0.3 is 10.1 Å². The van der Waals surface area contributed by atoms with Gasteiger partial charge in [0.25, 0.3) is 5.56 Å². The van der Waals surface area contributed by atoms with E-state index in [0.29, 0.717) is 0 Å². The zero-order chi connectivity index (χ0) is 15.6. The van der Waals surface area contributed by atoms with E-state index in [1.807, 2.05) is 0 Å². The number of imidazole rings is 1. The Balaban J connectivity index is 2.28. The van der Waals surface area contributed by atoms with Crippen LogP contribution in [0.4, 0.5) is 5.95 Å². The van der Waals surface area contributed by atoms with Crippen molar-refractivity contribution >= 4 is 35.0 Å². The minimum atomic E-state index is -0.917. The normalized spacial score (nSPS) is 11.5. The van der Waals surface area contributed by atoms with E-state index >= 15 is 0 Å². The number of aryl methyl sites for hydroxylation is 1. The van der Waals surface area contributed by atoms with E-state index in [9.17, 15) is 14.4 Å². The lowest BCUT2D eigenvalue weighted by molar-refractivity contribution is -0.136. The van der Waals surface area contributed by atoms with E-state index in [-0.39, 0.29) is 29.3 Å². The van der Waals surface area contributed by atoms with Gasteiger partial charge in [0.05, 0.1) is 6.42 Å². The van der Waals surface area contributed by atoms with Crippen LogP contribution in [0.5, 0.6) is 0 Å². The summed E-state index contributed by atoms with van der Waals surface area (Å²) < 4.78 is 5.89. The highest BCUT2D eigenvalue weighted by Gasteiger charge is 2.12. The molecular formula is C10H12N6O4S. The van der Waals surface area contributed by atoms with Crippen LogP contribution in [0.2, 0.25) is 0 Å². The number of carbonyl (C=O) groups is 1. The molecular weight excluding hydrogens is 300 g/mol. The summed E-state index contributed by atoms with van der Waals surface area (Å²) in [4.78, 5) is 40.6. The lowest BCUT2D eigenvalue weighted by atomic mass is 10.5. The second kappa shape index (κ2) is 5.91. The van der Waals surface area contributed by atoms with Crippen molar-refractivity contribution in [2.75, 3.05) is 5.75 Å². The summed E-state index contributed by atoms with van der Waals surface area (Å²) in [5.74, 6) is -0.565. The van der Waals surface area contributed by atoms with Crippen molar-refractivity contribution in [1.29, 1.82) is 0 Å². The van der Waals surface area contributed by atoms with Crippen LogP contribution in [-0.2, 0) is 18.9 Å². The zero-order valence-corrected chi connectivity index (χ0v) is 12.0. The number of aromatic nitrogens is 4. The topological polar surface area (TPSA) is 135 Å². The number of H-pyrrole nitrogens is 1. The van der Waals surface area contributed by atoms with Crippen molar-refractivity contribution < 1.29 is 9.90 Å². The number of nitrogens with zero attached hydrogens (tertiary/aromatic N) is 5. The SMILES string of the molecule is Cn1c(=O)c2[nH]c(N=NSCCC(=O)O)nc2n(C)c1=O. The first kappa shape index (κ1) is 15.0. The Bertz CT molecular complexity index is 832. The molecule has 21 heavy (non-hydrogen) atoms. The van der Waals surface area contributed by atoms with Gasteiger partial charge >= 0.3 is 11.7 Å². The van der Waals surface area contributed by atoms with E-state index < -0.39 is 17.2 Å². The number of hydrogen-bond donors (Lipinski definition) is 2. The maximum Gasteiger partial charge on any atom is 0.332 e. The van der Waals surface area contributed by atoms with Crippen LogP contribution in [0, 0.1) is 0 Å². The number of rotatable bonds is 5. The minimum Gasteiger partial charge on any atom is -0.481 e. The summed E-state index contributed by atoms with van der Waals surface area (Å²) in [7, 11) is 2.86. The molecule has 0 bridgehead atoms. The van der Waals surface area contributed by atoms with Crippen molar-refractivity contribution in [3.8, 4) is 0 Å². The molecule has 0 aliphatic rings. The van der Waals surface area contributed by atoms with Gasteiger partial charge in [-0.2, -0.15) is 4.98 Å². The van der Waals surface area contributed by atoms with Crippen molar-refractivity contribution in [1.82, 2.24) is 19.1 Å². The molecule has 10 nitrogen and oxygen atoms in total. The Labute approximate surface area is 121 Å². The van der Waals surface area contributed by atoms with Crippen LogP contribution in [0.1, 0.15) is 6.42 Å². The van der Waals surface area contributed by atoms with E-state index in [1.54, 1.807) is 0 Å². The molecule has 0 aliphatic heterocycles. The van der Waals surface area contributed by atoms with Gasteiger partial charge in [-0.25, -0.2) is 4.79 Å². The summed E-state index contributed by atoms with van der Waals surface area (Å²) in [5, 5.41) is 12.2. The highest BCUT2D eigenvalue weighted by Crippen LogP contribution is 2.14. The largest absolute Gasteiger partial charge is 0.481 e. The minimum absolute atomic E-state index is 0.0289. The highest BCUT2D eigenvalue weighted by molar-refractivity contribution is 7.97. The molecule has 2 heterocycles. The third-order valence-corrected chi connectivity index (χ3v) is 3.27. The molecule has 2 aromatic heterocycles. The van der Waals surface area contributed by atoms with Crippen molar-refractivity contribution in [2.45, 2.75) is 6.42 Å². The summed E-state index contributed by atoms with van der Waals surface area (Å²) in [5.41, 5.74) is -0.643. The van der Waals surface area contributed by atoms with Gasteiger partial charge in [0.15, 0.2) is 11.2 Å². The lowest BCUT2D eigenvalue weighted by Gasteiger charge is -2.00. The summed E-state index contributed by atoms with van der Waals surface area (Å²) >= 11 is 0.967. The second-order valence-corrected chi connectivity index (χ2v) is 4.95. The molecule has 0 saturated heterocycles. The number of hydrogen-bond acceptors (Lipinski definition) is 7. The van der Waals surface area contributed by atoms with Gasteiger partial charge in [-0.15, -0.1) is 9.63 Å². The molecule has 11 heteroatoms. The molecule has 0 atom stereocenters. The predicted octanol–water partition coefficient (Wildman–Crippen LogP) is 0.167. The quantitative estimate of drug-likeness (QED) is 0.459. The molecule has 2 rings (SSSR count). The van der Waals surface area contributed by atoms with Crippen molar-refractivity contribution in [3.63, 3.8) is 0 Å². The maximum atomic E-state index is 11.9. The molecule has 0 unspecified atom stereocenters. The first-order chi connectivity index (χ1) is 9.91. The molecule has 0 aliphatic carbocycles. The van der Waals surface area contributed by atoms with E-state index in [2.05, 4.69) is 19.6 Å². The molecule has 0 amide bonds. The van der Waals surface area contributed by atoms with Crippen LogP contribution in [0.15, 0.2) is 19.2 Å². The highest BCUT2D eigenvalue weighted by atomic mass is 32.2. The molecule has 2 N–H and O–H groups in total. The molecule has 0 aromatic carbocycles. The van der Waals surface area contributed by atoms with Crippen LogP contribution in [-0.4, -0.2) is 35.9 Å². The van der Waals surface area contributed by atoms with Crippen LogP contribution in [0.3, 0.4) is 0 Å². The number of carboxylic acid groups (broad SMARTS) is 1. The molecule has 2 aromatic rings. The Kier molecular flexibility index (Phi) is 4.21. The third kappa shape index (κ3) is 3.02. The van der Waals surface area contributed by atoms with E-state index in [4.69, 9.17) is 5.11 Å². The van der Waals surface area contributed by atoms with Gasteiger partial charge in [0, 0.05) is 19.8 Å². The standard InChI is InChI=1S/C10H12N6O4S/c1-15-7-6(8(19)16(2)10(15)20)11-9(12-7)13-14-21-4-3-5(17)18/h3-4H2,1-2H3,(H,11,12)(H,17,18). The average molecular weight is 312 g/mol. The number of aliphatic carboxylic acids is 1. The number of nitrogens with one attached hydrogen (secondary N) is 1. The zero-order valence-electron chi connectivity index (χ0n) is 11.2. The number of carboxylic acids is 1. The van der Waals surface area contributed by atoms with Crippen LogP contribution in [0.25, 0.3) is 11.2 Å². The monoisotopic (exact) mass is 312 g/mol. The Morgan fingerprint density at radius 2 is 2.10 bits per heavy atom. The molecule has 0 spiro atoms. The number of fused-ring (bicyclic) bond motifs is 1. The molecule has 0 saturated carbocycles. The van der Waals surface area contributed by atoms with E-state index in [0.717, 1.165) is 16.5 Å². The first-order valence-electron chi connectivity index (χ1n) is 5.82. The Hall–Kier alpha value is -2.43. The van der Waals surface area contributed by atoms with Gasteiger partial charge in [-0.05, 0) is 11.9 Å². The van der Waals surface area contributed by atoms with Crippen LogP contribution < -0.4 is 11.2 Å². The Morgan fingerprint density at radius 1 is 1.38 bits per heavy atom. The fourth-order valence-electron chi connectivity index (χ4n) is 1.60. The van der Waals surface area contributed by atoms with Gasteiger partial charge in [-0.3, -0.25) is 18.7 Å². The van der Waals surface area contributed by atoms with Crippen molar-refractivity contribution in [3.05, 3.63) is 20.8 Å². The van der Waals surface area contributed by atoms with Crippen molar-refractivity contribution in [2.24, 2.45) is 23.7 Å². The third-order valence-electron chi connectivity index (χ3n) is 2.68. The fourth-order valence-corrected chi connectivity index (χ4v) is 2.09. The van der Waals surface area contributed by atoms with E-state index in [1.165, 1.54) is 18.7 Å². The maximum absolute atomic E-state index is 11.9. The summed E-state index contributed by atoms with van der Waals surface area (Å²) in [6.45, 7) is 0. The molecule has 112 valence electrons. The van der Waals surface area contributed by atoms with Gasteiger partial charge in [0.2, 0.25) is 5.95 Å².